The van der Waals surface area contributed by atoms with E-state index in [2.05, 4.69) is 15.3 Å². The molecule has 0 bridgehead atoms. The molecule has 8 nitrogen and oxygen atoms in total. The van der Waals surface area contributed by atoms with Crippen LogP contribution in [-0.2, 0) is 9.53 Å². The number of aromatic amines is 3. The summed E-state index contributed by atoms with van der Waals surface area (Å²) in [7, 11) is 1.32. The lowest BCUT2D eigenvalue weighted by molar-refractivity contribution is -0.115. The number of ether oxygens (including phenoxy) is 1. The number of nitrogens with one attached hydrogen (secondary N) is 4. The van der Waals surface area contributed by atoms with Crippen molar-refractivity contribution in [3.63, 3.8) is 0 Å². The molecule has 10 heteroatoms. The van der Waals surface area contributed by atoms with Crippen LogP contribution in [0.2, 0.25) is 10.0 Å². The largest absolute Gasteiger partial charge is 0.491 e. The maximum atomic E-state index is 12.2. The maximum absolute atomic E-state index is 12.2. The van der Waals surface area contributed by atoms with Crippen molar-refractivity contribution in [1.82, 2.24) is 15.0 Å². The minimum Gasteiger partial charge on any atom is -0.491 e. The summed E-state index contributed by atoms with van der Waals surface area (Å²) in [5.74, 6) is -0.691. The number of hydrogen-bond donors (Lipinski definition) is 4. The van der Waals surface area contributed by atoms with Crippen molar-refractivity contribution in [2.45, 2.75) is 0 Å². The molecule has 1 amide bonds. The highest BCUT2D eigenvalue weighted by atomic mass is 35.5. The number of amides is 1. The van der Waals surface area contributed by atoms with E-state index < -0.39 is 17.2 Å². The lowest BCUT2D eigenvalue weighted by Crippen LogP contribution is -2.27. The van der Waals surface area contributed by atoms with E-state index in [0.717, 1.165) is 22.8 Å². The van der Waals surface area contributed by atoms with E-state index in [4.69, 9.17) is 27.9 Å². The first-order valence-electron chi connectivity index (χ1n) is 7.91. The minimum absolute atomic E-state index is 0.0379. The van der Waals surface area contributed by atoms with Gasteiger partial charge in [0.05, 0.1) is 17.2 Å². The van der Waals surface area contributed by atoms with Crippen molar-refractivity contribution in [2.24, 2.45) is 0 Å². The van der Waals surface area contributed by atoms with Crippen LogP contribution < -0.4 is 16.6 Å². The summed E-state index contributed by atoms with van der Waals surface area (Å²) in [5, 5.41) is 4.15. The smallest absolute Gasteiger partial charge is 0.325 e. The maximum Gasteiger partial charge on any atom is 0.325 e. The van der Waals surface area contributed by atoms with Gasteiger partial charge in [0.25, 0.3) is 11.5 Å². The minimum atomic E-state index is -0.724. The Labute approximate surface area is 167 Å². The molecule has 28 heavy (non-hydrogen) atoms. The fourth-order valence-corrected chi connectivity index (χ4v) is 2.74. The van der Waals surface area contributed by atoms with Crippen LogP contribution in [0.5, 0.6) is 0 Å². The van der Waals surface area contributed by atoms with Gasteiger partial charge in [-0.15, -0.1) is 0 Å². The predicted octanol–water partition coefficient (Wildman–Crippen LogP) is 3.03. The Balaban J connectivity index is 1.77. The van der Waals surface area contributed by atoms with Gasteiger partial charge in [0.2, 0.25) is 0 Å². The highest BCUT2D eigenvalue weighted by Gasteiger charge is 2.11. The number of H-pyrrole nitrogens is 3. The number of fused-ring (bicyclic) bond motifs is 1. The first kappa shape index (κ1) is 19.5. The Bertz CT molecular complexity index is 1180. The summed E-state index contributed by atoms with van der Waals surface area (Å²) in [6.07, 6.45) is 5.86. The summed E-state index contributed by atoms with van der Waals surface area (Å²) < 4.78 is 5.04. The van der Waals surface area contributed by atoms with Crippen LogP contribution in [0.3, 0.4) is 0 Å². The second-order valence-electron chi connectivity index (χ2n) is 5.61. The van der Waals surface area contributed by atoms with E-state index in [-0.39, 0.29) is 11.4 Å². The number of carbonyl (C=O) groups is 1. The zero-order valence-electron chi connectivity index (χ0n) is 14.4. The zero-order chi connectivity index (χ0) is 20.3. The van der Waals surface area contributed by atoms with Crippen molar-refractivity contribution in [3.8, 4) is 0 Å². The molecule has 3 aromatic rings. The number of hydrogen-bond acceptors (Lipinski definition) is 4. The first-order chi connectivity index (χ1) is 13.4. The third kappa shape index (κ3) is 4.36. The standard InChI is InChI=1S/C18H14Cl2N4O4/c1-28-15(17(26)23-14-8-21-18(27)24-16(14)25)4-2-3-10-5-9-6-11(19)12(20)7-13(9)22-10/h2-8,22H,1H3,(H,23,26)(H2,21,24,25,27)/b3-2+,15-4-. The second kappa shape index (κ2) is 8.20. The average molecular weight is 421 g/mol. The van der Waals surface area contributed by atoms with E-state index >= 15 is 0 Å². The fourth-order valence-electron chi connectivity index (χ4n) is 2.40. The van der Waals surface area contributed by atoms with Gasteiger partial charge in [-0.05, 0) is 30.4 Å². The van der Waals surface area contributed by atoms with Crippen LogP contribution in [0.1, 0.15) is 5.69 Å². The molecule has 0 saturated heterocycles. The van der Waals surface area contributed by atoms with Gasteiger partial charge in [-0.25, -0.2) is 4.79 Å². The molecule has 3 rings (SSSR count). The number of rotatable bonds is 5. The summed E-state index contributed by atoms with van der Waals surface area (Å²) >= 11 is 12.0. The Kier molecular flexibility index (Phi) is 5.72. The summed E-state index contributed by atoms with van der Waals surface area (Å²) in [4.78, 5) is 42.3. The number of methoxy groups -OCH3 is 1. The molecule has 144 valence electrons. The van der Waals surface area contributed by atoms with Crippen molar-refractivity contribution < 1.29 is 9.53 Å². The number of anilines is 1. The first-order valence-corrected chi connectivity index (χ1v) is 8.66. The van der Waals surface area contributed by atoms with E-state index in [1.165, 1.54) is 13.2 Å². The van der Waals surface area contributed by atoms with Crippen molar-refractivity contribution in [1.29, 1.82) is 0 Å². The second-order valence-corrected chi connectivity index (χ2v) is 6.43. The Hall–Kier alpha value is -3.23. The molecule has 0 aliphatic heterocycles. The van der Waals surface area contributed by atoms with Crippen LogP contribution in [0.4, 0.5) is 5.69 Å². The average Bonchev–Trinajstić information content (AvgIpc) is 3.02. The van der Waals surface area contributed by atoms with E-state index in [1.54, 1.807) is 24.3 Å². The normalized spacial score (nSPS) is 11.9. The molecule has 0 spiro atoms. The SMILES string of the molecule is CO/C(=C\C=C\c1cc2cc(Cl)c(Cl)cc2[nH]1)C(=O)Nc1c[nH]c(=O)[nH]c1=O. The summed E-state index contributed by atoms with van der Waals surface area (Å²) in [6, 6.07) is 5.34. The van der Waals surface area contributed by atoms with Gasteiger partial charge in [0.1, 0.15) is 5.69 Å². The van der Waals surface area contributed by atoms with Crippen LogP contribution >= 0.6 is 23.2 Å². The van der Waals surface area contributed by atoms with Crippen molar-refractivity contribution >= 4 is 51.8 Å². The molecule has 0 fully saturated rings. The van der Waals surface area contributed by atoms with Gasteiger partial charge in [0.15, 0.2) is 5.76 Å². The van der Waals surface area contributed by atoms with Gasteiger partial charge in [0, 0.05) is 22.8 Å². The summed E-state index contributed by atoms with van der Waals surface area (Å²) in [5.41, 5.74) is 0.0753. The van der Waals surface area contributed by atoms with Gasteiger partial charge in [-0.3, -0.25) is 14.6 Å². The third-order valence-electron chi connectivity index (χ3n) is 3.72. The number of allylic oxidation sites excluding steroid dienone is 2. The number of aromatic nitrogens is 3. The van der Waals surface area contributed by atoms with Gasteiger partial charge in [-0.2, -0.15) is 0 Å². The quantitative estimate of drug-likeness (QED) is 0.288. The molecule has 1 aromatic carbocycles. The topological polar surface area (TPSA) is 120 Å². The zero-order valence-corrected chi connectivity index (χ0v) is 15.9. The van der Waals surface area contributed by atoms with Gasteiger partial charge in [-0.1, -0.05) is 29.3 Å². The number of benzene rings is 1. The van der Waals surface area contributed by atoms with E-state index in [0.29, 0.717) is 10.0 Å². The molecular weight excluding hydrogens is 407 g/mol. The van der Waals surface area contributed by atoms with E-state index in [1.807, 2.05) is 11.1 Å². The molecule has 4 N–H and O–H groups in total. The number of halogens is 2. The Morgan fingerprint density at radius 3 is 2.61 bits per heavy atom. The molecule has 0 radical (unpaired) electrons. The van der Waals surface area contributed by atoms with Crippen LogP contribution in [0, 0.1) is 0 Å². The molecule has 2 heterocycles. The van der Waals surface area contributed by atoms with E-state index in [9.17, 15) is 14.4 Å². The Morgan fingerprint density at radius 2 is 1.89 bits per heavy atom. The summed E-state index contributed by atoms with van der Waals surface area (Å²) in [6.45, 7) is 0. The predicted molar refractivity (Wildman–Crippen MR) is 109 cm³/mol. The van der Waals surface area contributed by atoms with Crippen LogP contribution in [-0.4, -0.2) is 28.0 Å². The van der Waals surface area contributed by atoms with Crippen LogP contribution in [0.25, 0.3) is 17.0 Å². The monoisotopic (exact) mass is 420 g/mol. The molecule has 0 saturated carbocycles. The third-order valence-corrected chi connectivity index (χ3v) is 4.44. The molecule has 0 aliphatic carbocycles. The lowest BCUT2D eigenvalue weighted by atomic mass is 10.2. The van der Waals surface area contributed by atoms with Gasteiger partial charge >= 0.3 is 5.69 Å². The number of carbonyl (C=O) groups excluding carboxylic acids is 1. The lowest BCUT2D eigenvalue weighted by Gasteiger charge is -2.05. The van der Waals surface area contributed by atoms with Crippen molar-refractivity contribution in [2.75, 3.05) is 12.4 Å². The highest BCUT2D eigenvalue weighted by Crippen LogP contribution is 2.28. The highest BCUT2D eigenvalue weighted by molar-refractivity contribution is 6.42. The molecule has 2 aromatic heterocycles. The van der Waals surface area contributed by atoms with Crippen molar-refractivity contribution in [3.05, 3.63) is 78.9 Å². The van der Waals surface area contributed by atoms with Gasteiger partial charge < -0.3 is 20.0 Å². The fraction of sp³-hybridized carbons (Fsp3) is 0.0556. The molecule has 0 atom stereocenters. The van der Waals surface area contributed by atoms with Crippen LogP contribution in [0.15, 0.2) is 51.9 Å². The Morgan fingerprint density at radius 1 is 1.14 bits per heavy atom. The molecular formula is C18H14Cl2N4O4. The molecule has 0 aliphatic rings. The molecule has 0 unspecified atom stereocenters.